The third kappa shape index (κ3) is 5.51. The largest absolute Gasteiger partial charge is 0.478 e. The van der Waals surface area contributed by atoms with Gasteiger partial charge in [-0.3, -0.25) is 0 Å². The molecule has 114 valence electrons. The predicted octanol–water partition coefficient (Wildman–Crippen LogP) is 3.18. The molecule has 5 nitrogen and oxygen atoms in total. The normalized spacial score (nSPS) is 10.3. The average molecular weight is 305 g/mol. The van der Waals surface area contributed by atoms with Crippen molar-refractivity contribution in [3.8, 4) is 0 Å². The van der Waals surface area contributed by atoms with Crippen molar-refractivity contribution < 1.29 is 9.90 Å². The van der Waals surface area contributed by atoms with Crippen molar-refractivity contribution in [3.63, 3.8) is 0 Å². The number of rotatable bonds is 3. The number of hydrogen-bond acceptors (Lipinski definition) is 4. The standard InChI is InChI=1S/C15H12O2.C3H3N3/c16-15(17)14(13-9-5-2-6-10-13)11-12-7-3-1-4-8-12;1-2-4-6-5-3-1/h1-11H,(H,16,17);1-3H. The van der Waals surface area contributed by atoms with E-state index in [1.165, 1.54) is 0 Å². The molecule has 0 aliphatic carbocycles. The third-order valence-electron chi connectivity index (χ3n) is 2.83. The number of carboxylic acids is 1. The Morgan fingerprint density at radius 2 is 1.39 bits per heavy atom. The minimum atomic E-state index is -0.917. The van der Waals surface area contributed by atoms with E-state index in [9.17, 15) is 9.90 Å². The third-order valence-corrected chi connectivity index (χ3v) is 2.83. The molecule has 0 radical (unpaired) electrons. The Bertz CT molecular complexity index is 718. The maximum absolute atomic E-state index is 11.2. The highest BCUT2D eigenvalue weighted by Gasteiger charge is 2.09. The fraction of sp³-hybridized carbons (Fsp3) is 0. The Morgan fingerprint density at radius 3 is 1.83 bits per heavy atom. The summed E-state index contributed by atoms with van der Waals surface area (Å²) in [4.78, 5) is 11.2. The molecule has 23 heavy (non-hydrogen) atoms. The molecule has 0 fully saturated rings. The zero-order valence-corrected chi connectivity index (χ0v) is 12.3. The van der Waals surface area contributed by atoms with Gasteiger partial charge in [-0.1, -0.05) is 60.7 Å². The molecular weight excluding hydrogens is 290 g/mol. The van der Waals surface area contributed by atoms with Crippen LogP contribution in [0.15, 0.2) is 79.1 Å². The number of aliphatic carboxylic acids is 1. The lowest BCUT2D eigenvalue weighted by molar-refractivity contribution is -0.130. The molecule has 3 rings (SSSR count). The molecule has 0 atom stereocenters. The van der Waals surface area contributed by atoms with E-state index in [0.717, 1.165) is 5.56 Å². The molecule has 5 heteroatoms. The van der Waals surface area contributed by atoms with E-state index in [2.05, 4.69) is 15.4 Å². The van der Waals surface area contributed by atoms with E-state index in [4.69, 9.17) is 0 Å². The van der Waals surface area contributed by atoms with Crippen LogP contribution < -0.4 is 0 Å². The van der Waals surface area contributed by atoms with Crippen molar-refractivity contribution in [2.24, 2.45) is 0 Å². The molecule has 0 bridgehead atoms. The average Bonchev–Trinajstić information content (AvgIpc) is 2.63. The van der Waals surface area contributed by atoms with Crippen molar-refractivity contribution in [1.82, 2.24) is 15.4 Å². The number of hydrogen-bond donors (Lipinski definition) is 1. The topological polar surface area (TPSA) is 76.0 Å². The van der Waals surface area contributed by atoms with Gasteiger partial charge < -0.3 is 5.11 Å². The Hall–Kier alpha value is -3.34. The lowest BCUT2D eigenvalue weighted by atomic mass is 10.0. The van der Waals surface area contributed by atoms with Gasteiger partial charge in [-0.15, -0.1) is 10.2 Å². The molecule has 0 aliphatic rings. The summed E-state index contributed by atoms with van der Waals surface area (Å²) in [6, 6.07) is 20.3. The summed E-state index contributed by atoms with van der Waals surface area (Å²) in [6.45, 7) is 0. The van der Waals surface area contributed by atoms with Gasteiger partial charge in [0, 0.05) is 0 Å². The number of nitrogens with zero attached hydrogens (tertiary/aromatic N) is 3. The van der Waals surface area contributed by atoms with Crippen LogP contribution in [-0.2, 0) is 4.79 Å². The second kappa shape index (κ2) is 8.84. The van der Waals surface area contributed by atoms with E-state index in [0.29, 0.717) is 11.1 Å². The van der Waals surface area contributed by atoms with Gasteiger partial charge in [0.05, 0.1) is 18.0 Å². The van der Waals surface area contributed by atoms with Crippen molar-refractivity contribution >= 4 is 17.6 Å². The van der Waals surface area contributed by atoms with Gasteiger partial charge in [0.15, 0.2) is 0 Å². The second-order valence-corrected chi connectivity index (χ2v) is 4.45. The molecule has 0 spiro atoms. The highest BCUT2D eigenvalue weighted by molar-refractivity contribution is 6.20. The predicted molar refractivity (Wildman–Crippen MR) is 88.2 cm³/mol. The van der Waals surface area contributed by atoms with Crippen LogP contribution in [0.4, 0.5) is 0 Å². The number of carbonyl (C=O) groups is 1. The molecule has 3 aromatic rings. The Kier molecular flexibility index (Phi) is 6.16. The molecular formula is C18H15N3O2. The summed E-state index contributed by atoms with van der Waals surface area (Å²) in [5, 5.41) is 19.4. The van der Waals surface area contributed by atoms with Gasteiger partial charge in [0.1, 0.15) is 0 Å². The van der Waals surface area contributed by atoms with Gasteiger partial charge in [-0.05, 0) is 28.5 Å². The summed E-state index contributed by atoms with van der Waals surface area (Å²) < 4.78 is 0. The molecule has 0 amide bonds. The quantitative estimate of drug-likeness (QED) is 0.594. The van der Waals surface area contributed by atoms with Crippen LogP contribution in [0.25, 0.3) is 11.6 Å². The van der Waals surface area contributed by atoms with Crippen molar-refractivity contribution in [1.29, 1.82) is 0 Å². The van der Waals surface area contributed by atoms with Crippen LogP contribution in [0, 0.1) is 0 Å². The lowest BCUT2D eigenvalue weighted by Gasteiger charge is -2.02. The lowest BCUT2D eigenvalue weighted by Crippen LogP contribution is -1.99. The Balaban J connectivity index is 0.000000268. The highest BCUT2D eigenvalue weighted by Crippen LogP contribution is 2.18. The smallest absolute Gasteiger partial charge is 0.336 e. The molecule has 1 N–H and O–H groups in total. The van der Waals surface area contributed by atoms with Crippen LogP contribution in [0.3, 0.4) is 0 Å². The van der Waals surface area contributed by atoms with E-state index in [-0.39, 0.29) is 0 Å². The fourth-order valence-corrected chi connectivity index (χ4v) is 1.81. The maximum atomic E-state index is 11.2. The van der Waals surface area contributed by atoms with E-state index >= 15 is 0 Å². The van der Waals surface area contributed by atoms with Gasteiger partial charge in [0.25, 0.3) is 0 Å². The monoisotopic (exact) mass is 305 g/mol. The first-order valence-corrected chi connectivity index (χ1v) is 6.91. The minimum Gasteiger partial charge on any atom is -0.478 e. The van der Waals surface area contributed by atoms with E-state index < -0.39 is 5.97 Å². The summed E-state index contributed by atoms with van der Waals surface area (Å²) in [7, 11) is 0. The Labute approximate surface area is 134 Å². The summed E-state index contributed by atoms with van der Waals surface area (Å²) in [5.74, 6) is -0.917. The zero-order chi connectivity index (χ0) is 16.3. The fourth-order valence-electron chi connectivity index (χ4n) is 1.81. The van der Waals surface area contributed by atoms with E-state index in [1.54, 1.807) is 36.7 Å². The van der Waals surface area contributed by atoms with Crippen molar-refractivity contribution in [3.05, 3.63) is 90.3 Å². The molecule has 0 aliphatic heterocycles. The van der Waals surface area contributed by atoms with Crippen LogP contribution in [0.1, 0.15) is 11.1 Å². The van der Waals surface area contributed by atoms with E-state index in [1.807, 2.05) is 48.5 Å². The Morgan fingerprint density at radius 1 is 0.826 bits per heavy atom. The molecule has 1 aromatic heterocycles. The minimum absolute atomic E-state index is 0.303. The molecule has 2 aromatic carbocycles. The molecule has 0 saturated carbocycles. The summed E-state index contributed by atoms with van der Waals surface area (Å²) >= 11 is 0. The first-order chi connectivity index (χ1) is 11.3. The summed E-state index contributed by atoms with van der Waals surface area (Å²) in [6.07, 6.45) is 4.83. The molecule has 0 saturated heterocycles. The van der Waals surface area contributed by atoms with Crippen molar-refractivity contribution in [2.45, 2.75) is 0 Å². The van der Waals surface area contributed by atoms with Gasteiger partial charge in [-0.2, -0.15) is 0 Å². The molecule has 0 unspecified atom stereocenters. The van der Waals surface area contributed by atoms with Gasteiger partial charge in [-0.25, -0.2) is 4.79 Å². The van der Waals surface area contributed by atoms with Gasteiger partial charge >= 0.3 is 5.97 Å². The van der Waals surface area contributed by atoms with Crippen LogP contribution in [-0.4, -0.2) is 26.5 Å². The summed E-state index contributed by atoms with van der Waals surface area (Å²) in [5.41, 5.74) is 1.90. The van der Waals surface area contributed by atoms with Crippen molar-refractivity contribution in [2.75, 3.05) is 0 Å². The number of benzene rings is 2. The maximum Gasteiger partial charge on any atom is 0.336 e. The van der Waals surface area contributed by atoms with Crippen LogP contribution in [0.2, 0.25) is 0 Å². The first kappa shape index (κ1) is 16.0. The second-order valence-electron chi connectivity index (χ2n) is 4.45. The first-order valence-electron chi connectivity index (χ1n) is 6.91. The SMILES string of the molecule is O=C(O)C(=Cc1ccccc1)c1ccccc1.c1cnnnc1. The van der Waals surface area contributed by atoms with Crippen LogP contribution in [0.5, 0.6) is 0 Å². The van der Waals surface area contributed by atoms with Gasteiger partial charge in [0.2, 0.25) is 0 Å². The highest BCUT2D eigenvalue weighted by atomic mass is 16.4. The van der Waals surface area contributed by atoms with Crippen LogP contribution >= 0.6 is 0 Å². The molecule has 1 heterocycles. The number of carboxylic acid groups (broad SMARTS) is 1. The zero-order valence-electron chi connectivity index (χ0n) is 12.3. The number of aromatic nitrogens is 3.